The zero-order chi connectivity index (χ0) is 20.5. The van der Waals surface area contributed by atoms with Crippen molar-refractivity contribution in [2.24, 2.45) is 5.92 Å². The lowest BCUT2D eigenvalue weighted by molar-refractivity contribution is 0.390. The highest BCUT2D eigenvalue weighted by Crippen LogP contribution is 2.39. The lowest BCUT2D eigenvalue weighted by atomic mass is 9.97. The Morgan fingerprint density at radius 1 is 0.967 bits per heavy atom. The topological polar surface area (TPSA) is 75.9 Å². The molecule has 4 aromatic rings. The van der Waals surface area contributed by atoms with E-state index >= 15 is 0 Å². The first-order valence-electron chi connectivity index (χ1n) is 10.4. The predicted octanol–water partition coefficient (Wildman–Crippen LogP) is 5.10. The Morgan fingerprint density at radius 3 is 2.40 bits per heavy atom. The van der Waals surface area contributed by atoms with E-state index in [2.05, 4.69) is 10.6 Å². The Morgan fingerprint density at radius 2 is 1.67 bits per heavy atom. The maximum atomic E-state index is 6.70. The highest BCUT2D eigenvalue weighted by atomic mass is 35.5. The van der Waals surface area contributed by atoms with Crippen LogP contribution in [0.2, 0.25) is 5.02 Å². The second kappa shape index (κ2) is 8.09. The average molecular weight is 418 g/mol. The monoisotopic (exact) mass is 417 g/mol. The van der Waals surface area contributed by atoms with Crippen LogP contribution in [0.4, 0.5) is 11.4 Å². The molecule has 0 atom stereocenters. The summed E-state index contributed by atoms with van der Waals surface area (Å²) in [6.45, 7) is 3.05. The van der Waals surface area contributed by atoms with Gasteiger partial charge in [-0.3, -0.25) is 0 Å². The first kappa shape index (κ1) is 19.1. The van der Waals surface area contributed by atoms with Crippen LogP contribution in [0.25, 0.3) is 33.2 Å². The van der Waals surface area contributed by atoms with Gasteiger partial charge in [0.25, 0.3) is 0 Å². The first-order chi connectivity index (χ1) is 14.7. The van der Waals surface area contributed by atoms with Crippen LogP contribution in [0.15, 0.2) is 54.6 Å². The van der Waals surface area contributed by atoms with Crippen molar-refractivity contribution in [2.45, 2.75) is 12.8 Å². The zero-order valence-electron chi connectivity index (χ0n) is 16.7. The number of nitrogens with zero attached hydrogens (tertiary/aromatic N) is 2. The fourth-order valence-electron chi connectivity index (χ4n) is 4.17. The van der Waals surface area contributed by atoms with Crippen molar-refractivity contribution in [2.75, 3.05) is 30.7 Å². The minimum absolute atomic E-state index is 0.642. The molecule has 0 spiro atoms. The van der Waals surface area contributed by atoms with Crippen LogP contribution < -0.4 is 16.4 Å². The average Bonchev–Trinajstić information content (AvgIpc) is 2.78. The van der Waals surface area contributed by atoms with Gasteiger partial charge in [0.15, 0.2) is 0 Å². The van der Waals surface area contributed by atoms with E-state index in [-0.39, 0.29) is 0 Å². The molecular weight excluding hydrogens is 394 g/mol. The third kappa shape index (κ3) is 3.66. The van der Waals surface area contributed by atoms with Gasteiger partial charge in [-0.25, -0.2) is 9.97 Å². The number of aromatic nitrogens is 2. The molecule has 5 rings (SSSR count). The molecule has 0 saturated carbocycles. The molecule has 1 aliphatic heterocycles. The number of nitrogens with two attached hydrogens (primary N) is 1. The third-order valence-corrected chi connectivity index (χ3v) is 6.10. The van der Waals surface area contributed by atoms with Crippen molar-refractivity contribution < 1.29 is 0 Å². The summed E-state index contributed by atoms with van der Waals surface area (Å²) >= 11 is 6.13. The molecule has 1 aromatic heterocycles. The number of nitrogen functional groups attached to an aromatic ring is 1. The minimum Gasteiger partial charge on any atom is -0.396 e. The third-order valence-electron chi connectivity index (χ3n) is 5.85. The highest BCUT2D eigenvalue weighted by molar-refractivity contribution is 6.30. The van der Waals surface area contributed by atoms with Crippen LogP contribution >= 0.6 is 11.6 Å². The number of hydrogen-bond donors (Lipinski definition) is 3. The van der Waals surface area contributed by atoms with Gasteiger partial charge in [0.2, 0.25) is 0 Å². The summed E-state index contributed by atoms with van der Waals surface area (Å²) < 4.78 is 0. The number of anilines is 2. The van der Waals surface area contributed by atoms with E-state index in [1.54, 1.807) is 0 Å². The van der Waals surface area contributed by atoms with E-state index in [0.717, 1.165) is 58.5 Å². The van der Waals surface area contributed by atoms with Crippen LogP contribution in [0, 0.1) is 5.92 Å². The molecular formula is C24H24ClN5. The summed E-state index contributed by atoms with van der Waals surface area (Å²) in [5.74, 6) is 0.642. The Labute approximate surface area is 180 Å². The lowest BCUT2D eigenvalue weighted by Gasteiger charge is -2.24. The van der Waals surface area contributed by atoms with Crippen LogP contribution in [0.3, 0.4) is 0 Å². The summed E-state index contributed by atoms with van der Waals surface area (Å²) in [7, 11) is 0. The molecule has 1 aliphatic rings. The quantitative estimate of drug-likeness (QED) is 0.318. The summed E-state index contributed by atoms with van der Waals surface area (Å²) in [5, 5.41) is 7.71. The molecule has 5 nitrogen and oxygen atoms in total. The number of fused-ring (bicyclic) bond motifs is 2. The highest BCUT2D eigenvalue weighted by Gasteiger charge is 2.18. The normalized spacial score (nSPS) is 15.0. The molecule has 1 saturated heterocycles. The largest absolute Gasteiger partial charge is 0.396 e. The number of hydrogen-bond acceptors (Lipinski definition) is 5. The Balaban J connectivity index is 1.65. The standard InChI is InChI=1S/C24H24ClN5/c25-17-7-5-16(6-8-17)22-23(26)20(28-14-15-9-11-27-12-10-15)13-21-24(22)30-19-4-2-1-3-18(19)29-21/h1-8,13,15,27-28H,9-12,14,26H2. The summed E-state index contributed by atoms with van der Waals surface area (Å²) in [5.41, 5.74) is 13.6. The van der Waals surface area contributed by atoms with Crippen molar-refractivity contribution in [3.63, 3.8) is 0 Å². The molecule has 0 unspecified atom stereocenters. The Kier molecular flexibility index (Phi) is 5.15. The maximum Gasteiger partial charge on any atom is 0.0995 e. The van der Waals surface area contributed by atoms with Gasteiger partial charge >= 0.3 is 0 Å². The van der Waals surface area contributed by atoms with Gasteiger partial charge in [-0.1, -0.05) is 35.9 Å². The first-order valence-corrected chi connectivity index (χ1v) is 10.8. The van der Waals surface area contributed by atoms with Crippen LogP contribution in [0.1, 0.15) is 12.8 Å². The second-order valence-corrected chi connectivity index (χ2v) is 8.31. The molecule has 1 fully saturated rings. The van der Waals surface area contributed by atoms with E-state index in [4.69, 9.17) is 27.3 Å². The van der Waals surface area contributed by atoms with E-state index in [9.17, 15) is 0 Å². The molecule has 30 heavy (non-hydrogen) atoms. The van der Waals surface area contributed by atoms with Crippen molar-refractivity contribution in [1.82, 2.24) is 15.3 Å². The number of rotatable bonds is 4. The summed E-state index contributed by atoms with van der Waals surface area (Å²) in [4.78, 5) is 9.80. The molecule has 0 aliphatic carbocycles. The number of benzene rings is 3. The fourth-order valence-corrected chi connectivity index (χ4v) is 4.30. The van der Waals surface area contributed by atoms with Crippen molar-refractivity contribution in [3.05, 3.63) is 59.6 Å². The van der Waals surface area contributed by atoms with E-state index in [0.29, 0.717) is 16.6 Å². The molecule has 6 heteroatoms. The van der Waals surface area contributed by atoms with E-state index < -0.39 is 0 Å². The fraction of sp³-hybridized carbons (Fsp3) is 0.250. The maximum absolute atomic E-state index is 6.70. The van der Waals surface area contributed by atoms with Crippen LogP contribution in [-0.2, 0) is 0 Å². The van der Waals surface area contributed by atoms with E-state index in [1.165, 1.54) is 12.8 Å². The zero-order valence-corrected chi connectivity index (χ0v) is 17.4. The summed E-state index contributed by atoms with van der Waals surface area (Å²) in [6.07, 6.45) is 2.35. The van der Waals surface area contributed by atoms with Crippen molar-refractivity contribution in [1.29, 1.82) is 0 Å². The number of halogens is 1. The number of piperidine rings is 1. The molecule has 0 radical (unpaired) electrons. The van der Waals surface area contributed by atoms with Gasteiger partial charge in [0.1, 0.15) is 0 Å². The van der Waals surface area contributed by atoms with Gasteiger partial charge in [-0.15, -0.1) is 0 Å². The molecule has 3 aromatic carbocycles. The molecule has 0 amide bonds. The van der Waals surface area contributed by atoms with Gasteiger partial charge in [-0.2, -0.15) is 0 Å². The van der Waals surface area contributed by atoms with Crippen LogP contribution in [0.5, 0.6) is 0 Å². The van der Waals surface area contributed by atoms with Gasteiger partial charge in [0, 0.05) is 17.1 Å². The molecule has 152 valence electrons. The number of para-hydroxylation sites is 2. The Hall–Kier alpha value is -2.89. The minimum atomic E-state index is 0.642. The summed E-state index contributed by atoms with van der Waals surface area (Å²) in [6, 6.07) is 17.7. The smallest absolute Gasteiger partial charge is 0.0995 e. The van der Waals surface area contributed by atoms with Crippen molar-refractivity contribution >= 4 is 45.0 Å². The number of nitrogens with one attached hydrogen (secondary N) is 2. The van der Waals surface area contributed by atoms with Crippen LogP contribution in [-0.4, -0.2) is 29.6 Å². The van der Waals surface area contributed by atoms with Gasteiger partial charge in [0.05, 0.1) is 33.4 Å². The molecule has 2 heterocycles. The molecule has 4 N–H and O–H groups in total. The van der Waals surface area contributed by atoms with E-state index in [1.807, 2.05) is 54.6 Å². The SMILES string of the molecule is Nc1c(NCC2CCNCC2)cc2nc3ccccc3nc2c1-c1ccc(Cl)cc1. The predicted molar refractivity (Wildman–Crippen MR) is 126 cm³/mol. The van der Waals surface area contributed by atoms with Gasteiger partial charge in [-0.05, 0) is 67.7 Å². The van der Waals surface area contributed by atoms with Crippen molar-refractivity contribution in [3.8, 4) is 11.1 Å². The molecule has 0 bridgehead atoms. The Bertz CT molecular complexity index is 1200. The lowest BCUT2D eigenvalue weighted by Crippen LogP contribution is -2.31. The second-order valence-electron chi connectivity index (χ2n) is 7.87. The van der Waals surface area contributed by atoms with Gasteiger partial charge < -0.3 is 16.4 Å².